The first-order valence-electron chi connectivity index (χ1n) is 8.50. The lowest BCUT2D eigenvalue weighted by Crippen LogP contribution is -2.19. The van der Waals surface area contributed by atoms with Crippen LogP contribution in [0.25, 0.3) is 0 Å². The Balaban J connectivity index is 1.65. The Morgan fingerprint density at radius 3 is 2.45 bits per heavy atom. The predicted molar refractivity (Wildman–Crippen MR) is 107 cm³/mol. The number of aromatic nitrogens is 2. The smallest absolute Gasteiger partial charge is 0.325 e. The van der Waals surface area contributed by atoms with Gasteiger partial charge in [-0.15, -0.1) is 0 Å². The molecule has 0 aliphatic rings. The van der Waals surface area contributed by atoms with Gasteiger partial charge in [-0.3, -0.25) is 5.32 Å². The molecule has 11 heteroatoms. The van der Waals surface area contributed by atoms with Crippen molar-refractivity contribution >= 4 is 38.0 Å². The molecule has 0 fully saturated rings. The molecule has 2 N–H and O–H groups in total. The number of halogens is 1. The van der Waals surface area contributed by atoms with E-state index in [1.807, 2.05) is 20.8 Å². The van der Waals surface area contributed by atoms with Crippen molar-refractivity contribution in [3.8, 4) is 0 Å². The van der Waals surface area contributed by atoms with Crippen LogP contribution in [0.15, 0.2) is 45.3 Å². The van der Waals surface area contributed by atoms with E-state index in [9.17, 15) is 17.6 Å². The van der Waals surface area contributed by atoms with Gasteiger partial charge in [0.15, 0.2) is 15.0 Å². The number of carbonyl (C=O) groups excluding carboxylic acids is 1. The van der Waals surface area contributed by atoms with Crippen molar-refractivity contribution in [3.05, 3.63) is 54.1 Å². The third-order valence-corrected chi connectivity index (χ3v) is 6.78. The van der Waals surface area contributed by atoms with E-state index in [1.54, 1.807) is 0 Å². The minimum Gasteiger partial charge on any atom is -0.444 e. The van der Waals surface area contributed by atoms with E-state index >= 15 is 0 Å². The van der Waals surface area contributed by atoms with E-state index in [2.05, 4.69) is 20.6 Å². The number of thiazole rings is 1. The van der Waals surface area contributed by atoms with Crippen LogP contribution in [0.5, 0.6) is 0 Å². The molecule has 0 spiro atoms. The lowest BCUT2D eigenvalue weighted by atomic mass is 9.94. The van der Waals surface area contributed by atoms with Crippen LogP contribution in [0.4, 0.5) is 20.0 Å². The number of oxazole rings is 1. The number of rotatable bonds is 5. The molecule has 8 nitrogen and oxygen atoms in total. The largest absolute Gasteiger partial charge is 0.444 e. The second-order valence-corrected chi connectivity index (χ2v) is 10.4. The van der Waals surface area contributed by atoms with Gasteiger partial charge in [0.2, 0.25) is 5.89 Å². The second kappa shape index (κ2) is 7.91. The third kappa shape index (κ3) is 5.39. The number of anilines is 2. The zero-order chi connectivity index (χ0) is 21.2. The molecule has 3 aromatic rings. The summed E-state index contributed by atoms with van der Waals surface area (Å²) in [5.41, 5.74) is 0.0981. The summed E-state index contributed by atoms with van der Waals surface area (Å²) in [4.78, 5) is 19.9. The summed E-state index contributed by atoms with van der Waals surface area (Å²) >= 11 is 0.812. The molecule has 0 aliphatic heterocycles. The third-order valence-electron chi connectivity index (χ3n) is 3.72. The lowest BCUT2D eigenvalue weighted by Gasteiger charge is -2.13. The normalized spacial score (nSPS) is 12.0. The first-order chi connectivity index (χ1) is 13.5. The number of carbonyl (C=O) groups is 1. The SMILES string of the molecule is CC(C)(C)c1cnc(CS(=O)(=O)c2cnc(NC(=O)Nc3ccc(F)cc3)s2)o1. The maximum Gasteiger partial charge on any atom is 0.325 e. The number of hydrogen-bond donors (Lipinski definition) is 2. The van der Waals surface area contributed by atoms with Gasteiger partial charge in [-0.25, -0.2) is 27.6 Å². The zero-order valence-corrected chi connectivity index (χ0v) is 17.5. The summed E-state index contributed by atoms with van der Waals surface area (Å²) in [6.07, 6.45) is 2.69. The molecule has 3 rings (SSSR count). The molecule has 0 saturated carbocycles. The van der Waals surface area contributed by atoms with Crippen molar-refractivity contribution < 1.29 is 22.0 Å². The summed E-state index contributed by atoms with van der Waals surface area (Å²) in [6, 6.07) is 4.58. The Morgan fingerprint density at radius 2 is 1.83 bits per heavy atom. The van der Waals surface area contributed by atoms with Crippen LogP contribution < -0.4 is 10.6 Å². The van der Waals surface area contributed by atoms with Crippen molar-refractivity contribution in [1.82, 2.24) is 9.97 Å². The van der Waals surface area contributed by atoms with Gasteiger partial charge in [0, 0.05) is 11.1 Å². The molecular weight excluding hydrogens is 419 g/mol. The first-order valence-corrected chi connectivity index (χ1v) is 11.0. The van der Waals surface area contributed by atoms with Crippen molar-refractivity contribution in [1.29, 1.82) is 0 Å². The molecule has 2 aromatic heterocycles. The Kier molecular flexibility index (Phi) is 5.71. The quantitative estimate of drug-likeness (QED) is 0.617. The van der Waals surface area contributed by atoms with Crippen molar-refractivity contribution in [3.63, 3.8) is 0 Å². The van der Waals surface area contributed by atoms with E-state index < -0.39 is 27.4 Å². The fraction of sp³-hybridized carbons (Fsp3) is 0.278. The second-order valence-electron chi connectivity index (χ2n) is 7.20. The number of urea groups is 1. The fourth-order valence-electron chi connectivity index (χ4n) is 2.21. The fourth-order valence-corrected chi connectivity index (χ4v) is 4.49. The zero-order valence-electron chi connectivity index (χ0n) is 15.9. The molecule has 1 aromatic carbocycles. The van der Waals surface area contributed by atoms with E-state index in [-0.39, 0.29) is 20.6 Å². The molecular formula is C18H19FN4O4S2. The van der Waals surface area contributed by atoms with Crippen molar-refractivity contribution in [2.24, 2.45) is 0 Å². The van der Waals surface area contributed by atoms with Crippen molar-refractivity contribution in [2.75, 3.05) is 10.6 Å². The number of hydrogen-bond acceptors (Lipinski definition) is 7. The average molecular weight is 439 g/mol. The minimum absolute atomic E-state index is 0.0231. The first kappa shape index (κ1) is 20.9. The highest BCUT2D eigenvalue weighted by molar-refractivity contribution is 7.92. The van der Waals surface area contributed by atoms with Crippen LogP contribution in [-0.2, 0) is 21.0 Å². The molecule has 0 atom stereocenters. The number of amides is 2. The molecule has 154 valence electrons. The van der Waals surface area contributed by atoms with Gasteiger partial charge in [-0.1, -0.05) is 32.1 Å². The van der Waals surface area contributed by atoms with Gasteiger partial charge < -0.3 is 9.73 Å². The Hall–Kier alpha value is -2.79. The van der Waals surface area contributed by atoms with Crippen molar-refractivity contribution in [2.45, 2.75) is 36.1 Å². The number of nitrogens with one attached hydrogen (secondary N) is 2. The molecule has 0 unspecified atom stereocenters. The molecule has 0 bridgehead atoms. The highest BCUT2D eigenvalue weighted by Crippen LogP contribution is 2.28. The van der Waals surface area contributed by atoms with Crippen LogP contribution >= 0.6 is 11.3 Å². The van der Waals surface area contributed by atoms with Gasteiger partial charge in [-0.2, -0.15) is 0 Å². The molecule has 0 aliphatic carbocycles. The average Bonchev–Trinajstić information content (AvgIpc) is 3.26. The topological polar surface area (TPSA) is 114 Å². The van der Waals surface area contributed by atoms with Crippen LogP contribution in [0.1, 0.15) is 32.4 Å². The van der Waals surface area contributed by atoms with E-state index in [1.165, 1.54) is 36.7 Å². The van der Waals surface area contributed by atoms with Crippen LogP contribution in [0, 0.1) is 5.82 Å². The summed E-state index contributed by atoms with van der Waals surface area (Å²) in [7, 11) is -3.74. The van der Waals surface area contributed by atoms with Crippen LogP contribution in [0.3, 0.4) is 0 Å². The Labute approximate surface area is 171 Å². The van der Waals surface area contributed by atoms with Crippen LogP contribution in [0.2, 0.25) is 0 Å². The monoisotopic (exact) mass is 438 g/mol. The van der Waals surface area contributed by atoms with E-state index in [0.717, 1.165) is 11.3 Å². The summed E-state index contributed by atoms with van der Waals surface area (Å²) in [5, 5.41) is 5.05. The minimum atomic E-state index is -3.74. The maximum absolute atomic E-state index is 12.9. The highest BCUT2D eigenvalue weighted by atomic mass is 32.2. The van der Waals surface area contributed by atoms with E-state index in [4.69, 9.17) is 4.42 Å². The highest BCUT2D eigenvalue weighted by Gasteiger charge is 2.25. The van der Waals surface area contributed by atoms with Gasteiger partial charge in [0.25, 0.3) is 0 Å². The molecule has 0 saturated heterocycles. The summed E-state index contributed by atoms with van der Waals surface area (Å²) in [6.45, 7) is 5.80. The molecule has 2 heterocycles. The maximum atomic E-state index is 12.9. The predicted octanol–water partition coefficient (Wildman–Crippen LogP) is 4.19. The van der Waals surface area contributed by atoms with Gasteiger partial charge in [0.05, 0.1) is 12.4 Å². The van der Waals surface area contributed by atoms with Gasteiger partial charge in [-0.05, 0) is 24.3 Å². The van der Waals surface area contributed by atoms with E-state index in [0.29, 0.717) is 11.4 Å². The molecule has 0 radical (unpaired) electrons. The Morgan fingerprint density at radius 1 is 1.14 bits per heavy atom. The van der Waals surface area contributed by atoms with Gasteiger partial charge in [0.1, 0.15) is 21.5 Å². The number of nitrogens with zero attached hydrogens (tertiary/aromatic N) is 2. The molecule has 29 heavy (non-hydrogen) atoms. The number of benzene rings is 1. The summed E-state index contributed by atoms with van der Waals surface area (Å²) < 4.78 is 43.6. The Bertz CT molecular complexity index is 1120. The number of sulfone groups is 1. The standard InChI is InChI=1S/C18H19FN4O4S2/c1-18(2,3)13-8-20-14(27-13)10-29(25,26)15-9-21-17(28-15)23-16(24)22-12-6-4-11(19)5-7-12/h4-9H,10H2,1-3H3,(H2,21,22,23,24). The lowest BCUT2D eigenvalue weighted by molar-refractivity contribution is 0.262. The van der Waals surface area contributed by atoms with Gasteiger partial charge >= 0.3 is 6.03 Å². The summed E-state index contributed by atoms with van der Waals surface area (Å²) in [5.74, 6) is -0.155. The van der Waals surface area contributed by atoms with Crippen LogP contribution in [-0.4, -0.2) is 24.4 Å². The molecule has 2 amide bonds.